The number of rotatable bonds is 5. The van der Waals surface area contributed by atoms with E-state index in [0.717, 1.165) is 22.9 Å². The Kier molecular flexibility index (Phi) is 5.18. The third-order valence-corrected chi connectivity index (χ3v) is 5.71. The molecule has 28 heavy (non-hydrogen) atoms. The first-order valence-electron chi connectivity index (χ1n) is 9.86. The van der Waals surface area contributed by atoms with Crippen LogP contribution in [0.25, 0.3) is 0 Å². The zero-order valence-electron chi connectivity index (χ0n) is 16.5. The lowest BCUT2D eigenvalue weighted by molar-refractivity contribution is 0.497. The van der Waals surface area contributed by atoms with Gasteiger partial charge in [-0.2, -0.15) is 0 Å². The Labute approximate surface area is 172 Å². The first-order chi connectivity index (χ1) is 13.6. The summed E-state index contributed by atoms with van der Waals surface area (Å²) in [7, 11) is 0. The summed E-state index contributed by atoms with van der Waals surface area (Å²) in [4.78, 5) is 6.87. The van der Waals surface area contributed by atoms with Gasteiger partial charge in [-0.05, 0) is 74.4 Å². The molecule has 0 bridgehead atoms. The number of anilines is 1. The molecule has 1 aromatic carbocycles. The molecule has 0 amide bonds. The minimum absolute atomic E-state index is 0.00745. The van der Waals surface area contributed by atoms with Gasteiger partial charge in [-0.25, -0.2) is 0 Å². The van der Waals surface area contributed by atoms with Gasteiger partial charge in [0, 0.05) is 29.8 Å². The zero-order valence-corrected chi connectivity index (χ0v) is 17.4. The van der Waals surface area contributed by atoms with E-state index >= 15 is 0 Å². The first kappa shape index (κ1) is 18.7. The monoisotopic (exact) mass is 390 g/mol. The van der Waals surface area contributed by atoms with Crippen LogP contribution in [-0.2, 0) is 6.42 Å². The van der Waals surface area contributed by atoms with Crippen molar-refractivity contribution in [1.29, 1.82) is 0 Å². The van der Waals surface area contributed by atoms with Crippen LogP contribution in [0.1, 0.15) is 55.8 Å². The van der Waals surface area contributed by atoms with Gasteiger partial charge in [-0.1, -0.05) is 25.1 Å². The number of nitrogens with one attached hydrogen (secondary N) is 1. The Morgan fingerprint density at radius 1 is 1.07 bits per heavy atom. The zero-order chi connectivity index (χ0) is 19.7. The van der Waals surface area contributed by atoms with Crippen LogP contribution in [0, 0.1) is 0 Å². The fraction of sp³-hybridized carbons (Fsp3) is 0.304. The van der Waals surface area contributed by atoms with Gasteiger partial charge in [0.15, 0.2) is 5.11 Å². The number of hydrogen-bond acceptors (Lipinski definition) is 2. The minimum Gasteiger partial charge on any atom is -0.351 e. The van der Waals surface area contributed by atoms with Crippen LogP contribution in [0.15, 0.2) is 67.0 Å². The summed E-state index contributed by atoms with van der Waals surface area (Å²) in [6, 6.07) is 19.5. The number of aromatic nitrogens is 2. The van der Waals surface area contributed by atoms with Crippen LogP contribution in [0.4, 0.5) is 5.69 Å². The molecule has 2 aromatic heterocycles. The predicted octanol–water partition coefficient (Wildman–Crippen LogP) is 5.20. The molecule has 1 saturated heterocycles. The van der Waals surface area contributed by atoms with Gasteiger partial charge in [0.1, 0.15) is 6.04 Å². The Balaban J connectivity index is 1.83. The quantitative estimate of drug-likeness (QED) is 0.607. The third kappa shape index (κ3) is 3.31. The van der Waals surface area contributed by atoms with Crippen LogP contribution in [0.5, 0.6) is 0 Å². The Bertz CT molecular complexity index is 946. The van der Waals surface area contributed by atoms with E-state index in [-0.39, 0.29) is 12.1 Å². The number of hydrogen-bond donors (Lipinski definition) is 1. The summed E-state index contributed by atoms with van der Waals surface area (Å²) in [5, 5.41) is 4.27. The Hall–Kier alpha value is -2.66. The maximum Gasteiger partial charge on any atom is 0.174 e. The van der Waals surface area contributed by atoms with E-state index in [4.69, 9.17) is 12.2 Å². The van der Waals surface area contributed by atoms with E-state index in [1.54, 1.807) is 0 Å². The van der Waals surface area contributed by atoms with Crippen LogP contribution < -0.4 is 10.2 Å². The molecular formula is C23H26N4S. The van der Waals surface area contributed by atoms with E-state index in [2.05, 4.69) is 89.2 Å². The molecule has 1 fully saturated rings. The van der Waals surface area contributed by atoms with E-state index in [9.17, 15) is 0 Å². The molecule has 1 aliphatic heterocycles. The maximum absolute atomic E-state index is 5.80. The second kappa shape index (κ2) is 7.76. The van der Waals surface area contributed by atoms with Crippen molar-refractivity contribution in [2.45, 2.75) is 45.3 Å². The molecule has 0 aliphatic carbocycles. The highest BCUT2D eigenvalue weighted by Gasteiger charge is 2.42. The number of aryl methyl sites for hydroxylation is 1. The molecule has 3 heterocycles. The Morgan fingerprint density at radius 2 is 1.86 bits per heavy atom. The van der Waals surface area contributed by atoms with Crippen molar-refractivity contribution in [2.75, 3.05) is 4.90 Å². The van der Waals surface area contributed by atoms with Gasteiger partial charge in [0.25, 0.3) is 0 Å². The molecule has 4 nitrogen and oxygen atoms in total. The summed E-state index contributed by atoms with van der Waals surface area (Å²) in [6.07, 6.45) is 5.02. The molecule has 1 aliphatic rings. The number of thiocarbonyl (C=S) groups is 1. The first-order valence-corrected chi connectivity index (χ1v) is 10.3. The fourth-order valence-corrected chi connectivity index (χ4v) is 4.30. The number of nitrogens with zero attached hydrogens (tertiary/aromatic N) is 3. The molecule has 0 saturated carbocycles. The van der Waals surface area contributed by atoms with Crippen molar-refractivity contribution < 1.29 is 0 Å². The van der Waals surface area contributed by atoms with Crippen molar-refractivity contribution in [2.24, 2.45) is 0 Å². The second-order valence-electron chi connectivity index (χ2n) is 7.45. The minimum atomic E-state index is -0.00745. The molecular weight excluding hydrogens is 364 g/mol. The molecule has 0 unspecified atom stereocenters. The molecule has 0 spiro atoms. The molecule has 2 atom stereocenters. The summed E-state index contributed by atoms with van der Waals surface area (Å²) in [6.45, 7) is 6.59. The highest BCUT2D eigenvalue weighted by Crippen LogP contribution is 2.42. The molecule has 3 aromatic rings. The lowest BCUT2D eigenvalue weighted by atomic mass is 10.0. The summed E-state index contributed by atoms with van der Waals surface area (Å²) < 4.78 is 2.32. The molecule has 1 N–H and O–H groups in total. The van der Waals surface area contributed by atoms with E-state index in [1.165, 1.54) is 11.3 Å². The van der Waals surface area contributed by atoms with Crippen LogP contribution in [0.3, 0.4) is 0 Å². The summed E-state index contributed by atoms with van der Waals surface area (Å²) in [5.74, 6) is 0. The van der Waals surface area contributed by atoms with Gasteiger partial charge in [-0.15, -0.1) is 0 Å². The van der Waals surface area contributed by atoms with Crippen molar-refractivity contribution in [3.63, 3.8) is 0 Å². The fourth-order valence-electron chi connectivity index (χ4n) is 3.95. The highest BCUT2D eigenvalue weighted by molar-refractivity contribution is 7.80. The average molecular weight is 391 g/mol. The maximum atomic E-state index is 5.80. The third-order valence-electron chi connectivity index (χ3n) is 5.39. The van der Waals surface area contributed by atoms with Crippen molar-refractivity contribution >= 4 is 23.0 Å². The average Bonchev–Trinajstić information content (AvgIpc) is 3.33. The summed E-state index contributed by atoms with van der Waals surface area (Å²) >= 11 is 5.80. The van der Waals surface area contributed by atoms with Crippen molar-refractivity contribution in [3.05, 3.63) is 83.9 Å². The SMILES string of the molecule is CCc1ccc(N2C(=S)N[C@@H](c3ccccn3)[C@@H]2c2cccn2C(C)C)cc1. The summed E-state index contributed by atoms with van der Waals surface area (Å²) in [5.41, 5.74) is 4.66. The van der Waals surface area contributed by atoms with Crippen molar-refractivity contribution in [1.82, 2.24) is 14.9 Å². The van der Waals surface area contributed by atoms with Crippen molar-refractivity contribution in [3.8, 4) is 0 Å². The predicted molar refractivity (Wildman–Crippen MR) is 119 cm³/mol. The van der Waals surface area contributed by atoms with E-state index < -0.39 is 0 Å². The molecule has 4 rings (SSSR count). The normalized spacial score (nSPS) is 19.3. The number of benzene rings is 1. The van der Waals surface area contributed by atoms with Gasteiger partial charge in [-0.3, -0.25) is 4.98 Å². The molecule has 0 radical (unpaired) electrons. The van der Waals surface area contributed by atoms with Crippen LogP contribution in [0.2, 0.25) is 0 Å². The van der Waals surface area contributed by atoms with Gasteiger partial charge in [0.05, 0.1) is 11.7 Å². The smallest absolute Gasteiger partial charge is 0.174 e. The van der Waals surface area contributed by atoms with E-state index in [1.807, 2.05) is 18.3 Å². The topological polar surface area (TPSA) is 33.1 Å². The van der Waals surface area contributed by atoms with Gasteiger partial charge < -0.3 is 14.8 Å². The standard InChI is InChI=1S/C23H26N4S/c1-4-17-10-12-18(13-11-17)27-22(20-9-7-15-26(20)16(2)3)21(25-23(27)28)19-8-5-6-14-24-19/h5-16,21-22H,4H2,1-3H3,(H,25,28)/t21-,22-/m0/s1. The van der Waals surface area contributed by atoms with Gasteiger partial charge >= 0.3 is 0 Å². The highest BCUT2D eigenvalue weighted by atomic mass is 32.1. The lowest BCUT2D eigenvalue weighted by Crippen LogP contribution is -2.30. The lowest BCUT2D eigenvalue weighted by Gasteiger charge is -2.30. The largest absolute Gasteiger partial charge is 0.351 e. The van der Waals surface area contributed by atoms with Crippen LogP contribution in [-0.4, -0.2) is 14.7 Å². The van der Waals surface area contributed by atoms with Gasteiger partial charge in [0.2, 0.25) is 0 Å². The number of pyridine rings is 1. The second-order valence-corrected chi connectivity index (χ2v) is 7.84. The van der Waals surface area contributed by atoms with E-state index in [0.29, 0.717) is 6.04 Å². The molecule has 5 heteroatoms. The van der Waals surface area contributed by atoms with Crippen LogP contribution >= 0.6 is 12.2 Å². The Morgan fingerprint density at radius 3 is 2.50 bits per heavy atom. The molecule has 144 valence electrons.